The first-order valence-corrected chi connectivity index (χ1v) is 6.35. The first-order valence-electron chi connectivity index (χ1n) is 5.53. The Hall–Kier alpha value is -1.73. The highest BCUT2D eigenvalue weighted by Crippen LogP contribution is 2.45. The number of terminal acetylenes is 1. The number of amides is 1. The monoisotopic (exact) mass is 259 g/mol. The number of rotatable bonds is 2. The summed E-state index contributed by atoms with van der Waals surface area (Å²) in [6.45, 7) is 3.97. The van der Waals surface area contributed by atoms with Crippen LogP contribution in [0.5, 0.6) is 0 Å². The number of anilines is 1. The number of carbonyl (C=O) groups excluding carboxylic acids is 2. The summed E-state index contributed by atoms with van der Waals surface area (Å²) in [6, 6.07) is 5.27. The normalized spacial score (nSPS) is 16.9. The third-order valence-corrected chi connectivity index (χ3v) is 4.02. The van der Waals surface area contributed by atoms with Crippen molar-refractivity contribution in [2.75, 3.05) is 11.4 Å². The molecule has 1 heterocycles. The number of aldehydes is 1. The zero-order chi connectivity index (χ0) is 13.3. The first kappa shape index (κ1) is 12.7. The van der Waals surface area contributed by atoms with Crippen LogP contribution in [-0.2, 0) is 4.79 Å². The second-order valence-electron chi connectivity index (χ2n) is 4.55. The van der Waals surface area contributed by atoms with Crippen LogP contribution >= 0.6 is 11.8 Å². The number of fused-ring (bicyclic) bond motifs is 1. The van der Waals surface area contributed by atoms with Crippen LogP contribution in [0.2, 0.25) is 0 Å². The minimum Gasteiger partial charge on any atom is -0.298 e. The van der Waals surface area contributed by atoms with Gasteiger partial charge in [0.15, 0.2) is 0 Å². The zero-order valence-electron chi connectivity index (χ0n) is 10.3. The summed E-state index contributed by atoms with van der Waals surface area (Å²) in [4.78, 5) is 25.6. The molecule has 0 saturated carbocycles. The molecule has 1 aromatic carbocycles. The van der Waals surface area contributed by atoms with E-state index < -0.39 is 4.75 Å². The van der Waals surface area contributed by atoms with Crippen molar-refractivity contribution in [1.82, 2.24) is 0 Å². The minimum atomic E-state index is -0.564. The van der Waals surface area contributed by atoms with Crippen LogP contribution in [0, 0.1) is 12.3 Å². The molecule has 1 aliphatic rings. The molecule has 0 spiro atoms. The van der Waals surface area contributed by atoms with E-state index in [1.54, 1.807) is 23.1 Å². The van der Waals surface area contributed by atoms with Gasteiger partial charge in [-0.15, -0.1) is 18.2 Å². The topological polar surface area (TPSA) is 37.4 Å². The highest BCUT2D eigenvalue weighted by atomic mass is 32.2. The molecule has 3 nitrogen and oxygen atoms in total. The van der Waals surface area contributed by atoms with Gasteiger partial charge in [-0.25, -0.2) is 0 Å². The van der Waals surface area contributed by atoms with E-state index in [9.17, 15) is 9.59 Å². The van der Waals surface area contributed by atoms with Crippen molar-refractivity contribution in [2.45, 2.75) is 23.5 Å². The van der Waals surface area contributed by atoms with E-state index in [-0.39, 0.29) is 12.5 Å². The van der Waals surface area contributed by atoms with Gasteiger partial charge in [0.2, 0.25) is 5.91 Å². The summed E-state index contributed by atoms with van der Waals surface area (Å²) in [6.07, 6.45) is 6.12. The highest BCUT2D eigenvalue weighted by molar-refractivity contribution is 8.01. The Morgan fingerprint density at radius 3 is 2.83 bits per heavy atom. The maximum atomic E-state index is 12.3. The van der Waals surface area contributed by atoms with Gasteiger partial charge >= 0.3 is 0 Å². The molecule has 18 heavy (non-hydrogen) atoms. The lowest BCUT2D eigenvalue weighted by Crippen LogP contribution is -2.46. The summed E-state index contributed by atoms with van der Waals surface area (Å²) in [7, 11) is 0. The standard InChI is InChI=1S/C14H13NO2S/c1-4-7-15-11-6-5-10(9-16)8-12(11)18-14(2,3)13(15)17/h1,5-6,8-9H,7H2,2-3H3. The summed E-state index contributed by atoms with van der Waals surface area (Å²) >= 11 is 1.46. The fourth-order valence-corrected chi connectivity index (χ4v) is 3.14. The fourth-order valence-electron chi connectivity index (χ4n) is 1.91. The summed E-state index contributed by atoms with van der Waals surface area (Å²) in [5, 5.41) is 0. The summed E-state index contributed by atoms with van der Waals surface area (Å²) in [5.74, 6) is 2.50. The lowest BCUT2D eigenvalue weighted by atomic mass is 10.1. The number of benzene rings is 1. The molecule has 0 bridgehead atoms. The van der Waals surface area contributed by atoms with Crippen LogP contribution in [0.1, 0.15) is 24.2 Å². The SMILES string of the molecule is C#CCN1C(=O)C(C)(C)Sc2cc(C=O)ccc21. The van der Waals surface area contributed by atoms with Gasteiger partial charge in [-0.05, 0) is 32.0 Å². The largest absolute Gasteiger partial charge is 0.298 e. The van der Waals surface area contributed by atoms with Crippen molar-refractivity contribution >= 4 is 29.6 Å². The van der Waals surface area contributed by atoms with Gasteiger partial charge < -0.3 is 0 Å². The van der Waals surface area contributed by atoms with Crippen LogP contribution in [0.25, 0.3) is 0 Å². The molecular formula is C14H13NO2S. The third-order valence-electron chi connectivity index (χ3n) is 2.79. The molecule has 0 fully saturated rings. The third kappa shape index (κ3) is 2.02. The maximum Gasteiger partial charge on any atom is 0.243 e. The van der Waals surface area contributed by atoms with Gasteiger partial charge in [0.05, 0.1) is 17.0 Å². The Morgan fingerprint density at radius 1 is 1.50 bits per heavy atom. The molecule has 0 radical (unpaired) electrons. The van der Waals surface area contributed by atoms with Crippen molar-refractivity contribution in [1.29, 1.82) is 0 Å². The molecule has 0 saturated heterocycles. The smallest absolute Gasteiger partial charge is 0.243 e. The lowest BCUT2D eigenvalue weighted by molar-refractivity contribution is -0.120. The van der Waals surface area contributed by atoms with E-state index in [0.29, 0.717) is 5.56 Å². The minimum absolute atomic E-state index is 0.00296. The summed E-state index contributed by atoms with van der Waals surface area (Å²) in [5.41, 5.74) is 1.39. The van der Waals surface area contributed by atoms with E-state index in [2.05, 4.69) is 5.92 Å². The number of thioether (sulfide) groups is 1. The van der Waals surface area contributed by atoms with E-state index in [4.69, 9.17) is 6.42 Å². The van der Waals surface area contributed by atoms with Crippen molar-refractivity contribution in [3.8, 4) is 12.3 Å². The average molecular weight is 259 g/mol. The number of hydrogen-bond donors (Lipinski definition) is 0. The predicted octanol–water partition coefficient (Wildman–Crippen LogP) is 2.35. The fraction of sp³-hybridized carbons (Fsp3) is 0.286. The highest BCUT2D eigenvalue weighted by Gasteiger charge is 2.39. The van der Waals surface area contributed by atoms with Crippen LogP contribution < -0.4 is 4.90 Å². The molecule has 4 heteroatoms. The zero-order valence-corrected chi connectivity index (χ0v) is 11.1. The Morgan fingerprint density at radius 2 is 2.22 bits per heavy atom. The summed E-state index contributed by atoms with van der Waals surface area (Å²) < 4.78 is -0.564. The second kappa shape index (κ2) is 4.51. The van der Waals surface area contributed by atoms with Gasteiger partial charge in [-0.2, -0.15) is 0 Å². The van der Waals surface area contributed by atoms with Gasteiger partial charge in [0, 0.05) is 10.5 Å². The Kier molecular flexibility index (Phi) is 3.18. The molecule has 0 aliphatic carbocycles. The van der Waals surface area contributed by atoms with Crippen LogP contribution in [0.3, 0.4) is 0 Å². The van der Waals surface area contributed by atoms with E-state index in [1.165, 1.54) is 11.8 Å². The van der Waals surface area contributed by atoms with Crippen LogP contribution in [-0.4, -0.2) is 23.5 Å². The van der Waals surface area contributed by atoms with Gasteiger partial charge in [-0.3, -0.25) is 14.5 Å². The van der Waals surface area contributed by atoms with Crippen molar-refractivity contribution in [3.05, 3.63) is 23.8 Å². The van der Waals surface area contributed by atoms with E-state index >= 15 is 0 Å². The van der Waals surface area contributed by atoms with Gasteiger partial charge in [0.1, 0.15) is 6.29 Å². The maximum absolute atomic E-state index is 12.3. The molecule has 1 aromatic rings. The molecule has 1 aliphatic heterocycles. The quantitative estimate of drug-likeness (QED) is 0.604. The second-order valence-corrected chi connectivity index (χ2v) is 6.22. The first-order chi connectivity index (χ1) is 8.49. The van der Waals surface area contributed by atoms with Crippen LogP contribution in [0.4, 0.5) is 5.69 Å². The molecule has 0 aromatic heterocycles. The number of carbonyl (C=O) groups is 2. The van der Waals surface area contributed by atoms with E-state index in [0.717, 1.165) is 16.9 Å². The van der Waals surface area contributed by atoms with Crippen molar-refractivity contribution in [3.63, 3.8) is 0 Å². The van der Waals surface area contributed by atoms with Crippen molar-refractivity contribution in [2.24, 2.45) is 0 Å². The predicted molar refractivity (Wildman–Crippen MR) is 73.0 cm³/mol. The molecule has 0 atom stereocenters. The number of hydrogen-bond acceptors (Lipinski definition) is 3. The molecule has 92 valence electrons. The Balaban J connectivity index is 2.55. The molecular weight excluding hydrogens is 246 g/mol. The molecule has 1 amide bonds. The van der Waals surface area contributed by atoms with Gasteiger partial charge in [0.25, 0.3) is 0 Å². The number of nitrogens with zero attached hydrogens (tertiary/aromatic N) is 1. The molecule has 0 unspecified atom stereocenters. The van der Waals surface area contributed by atoms with Gasteiger partial charge in [-0.1, -0.05) is 5.92 Å². The van der Waals surface area contributed by atoms with Crippen LogP contribution in [0.15, 0.2) is 23.1 Å². The Bertz CT molecular complexity index is 557. The molecule has 0 N–H and O–H groups in total. The lowest BCUT2D eigenvalue weighted by Gasteiger charge is -2.37. The van der Waals surface area contributed by atoms with E-state index in [1.807, 2.05) is 13.8 Å². The molecule has 2 rings (SSSR count). The Labute approximate surface area is 111 Å². The van der Waals surface area contributed by atoms with Crippen molar-refractivity contribution < 1.29 is 9.59 Å². The average Bonchev–Trinajstić information content (AvgIpc) is 2.34.